The van der Waals surface area contributed by atoms with Crippen molar-refractivity contribution in [3.05, 3.63) is 23.8 Å². The molecule has 0 bridgehead atoms. The first-order chi connectivity index (χ1) is 8.17. The van der Waals surface area contributed by atoms with Crippen LogP contribution in [0.2, 0.25) is 0 Å². The molecule has 0 heterocycles. The molecule has 1 aromatic carbocycles. The summed E-state index contributed by atoms with van der Waals surface area (Å²) in [7, 11) is 1.60. The molecule has 0 spiro atoms. The second kappa shape index (κ2) is 6.91. The number of ether oxygens (including phenoxy) is 1. The van der Waals surface area contributed by atoms with Gasteiger partial charge in [-0.25, -0.2) is 0 Å². The molecule has 0 aliphatic carbocycles. The van der Waals surface area contributed by atoms with Gasteiger partial charge >= 0.3 is 0 Å². The Morgan fingerprint density at radius 2 is 2.18 bits per heavy atom. The zero-order valence-corrected chi connectivity index (χ0v) is 10.7. The maximum Gasteiger partial charge on any atom is 0.225 e. The average Bonchev–Trinajstić information content (AvgIpc) is 2.32. The smallest absolute Gasteiger partial charge is 0.225 e. The molecule has 1 rings (SSSR count). The highest BCUT2D eigenvalue weighted by Crippen LogP contribution is 2.25. The first-order valence-corrected chi connectivity index (χ1v) is 5.82. The standard InChI is InChI=1S/C13H20N2O2/c1-4-14-8-7-13(16)15-11-6-5-10(2)9-12(11)17-3/h5-6,9,14H,4,7-8H2,1-3H3,(H,15,16). The third kappa shape index (κ3) is 4.44. The molecule has 0 radical (unpaired) electrons. The molecule has 0 aromatic heterocycles. The van der Waals surface area contributed by atoms with Crippen LogP contribution in [-0.2, 0) is 4.79 Å². The number of carbonyl (C=O) groups is 1. The average molecular weight is 236 g/mol. The summed E-state index contributed by atoms with van der Waals surface area (Å²) in [5.41, 5.74) is 1.83. The van der Waals surface area contributed by atoms with Gasteiger partial charge in [0.2, 0.25) is 5.91 Å². The maximum atomic E-state index is 11.6. The van der Waals surface area contributed by atoms with Crippen molar-refractivity contribution < 1.29 is 9.53 Å². The summed E-state index contributed by atoms with van der Waals surface area (Å²) in [4.78, 5) is 11.6. The summed E-state index contributed by atoms with van der Waals surface area (Å²) < 4.78 is 5.22. The van der Waals surface area contributed by atoms with Gasteiger partial charge in [0, 0.05) is 13.0 Å². The van der Waals surface area contributed by atoms with Crippen molar-refractivity contribution in [3.63, 3.8) is 0 Å². The monoisotopic (exact) mass is 236 g/mol. The Labute approximate surface area is 102 Å². The third-order valence-electron chi connectivity index (χ3n) is 2.41. The number of benzene rings is 1. The van der Waals surface area contributed by atoms with Crippen LogP contribution >= 0.6 is 0 Å². The van der Waals surface area contributed by atoms with Gasteiger partial charge in [0.05, 0.1) is 12.8 Å². The lowest BCUT2D eigenvalue weighted by molar-refractivity contribution is -0.116. The fraction of sp³-hybridized carbons (Fsp3) is 0.462. The summed E-state index contributed by atoms with van der Waals surface area (Å²) in [6.45, 7) is 5.57. The van der Waals surface area contributed by atoms with Crippen LogP contribution in [0, 0.1) is 6.92 Å². The van der Waals surface area contributed by atoms with Crippen LogP contribution in [0.15, 0.2) is 18.2 Å². The molecule has 1 aromatic rings. The van der Waals surface area contributed by atoms with Gasteiger partial charge in [0.15, 0.2) is 0 Å². The van der Waals surface area contributed by atoms with E-state index < -0.39 is 0 Å². The molecule has 94 valence electrons. The Morgan fingerprint density at radius 3 is 2.82 bits per heavy atom. The minimum absolute atomic E-state index is 0.00639. The highest BCUT2D eigenvalue weighted by molar-refractivity contribution is 5.92. The molecule has 0 saturated heterocycles. The van der Waals surface area contributed by atoms with Crippen molar-refractivity contribution in [3.8, 4) is 5.75 Å². The molecule has 0 saturated carbocycles. The number of methoxy groups -OCH3 is 1. The quantitative estimate of drug-likeness (QED) is 0.742. The highest BCUT2D eigenvalue weighted by Gasteiger charge is 2.07. The van der Waals surface area contributed by atoms with Gasteiger partial charge in [-0.05, 0) is 31.2 Å². The van der Waals surface area contributed by atoms with Crippen LogP contribution in [0.3, 0.4) is 0 Å². The van der Waals surface area contributed by atoms with Gasteiger partial charge < -0.3 is 15.4 Å². The molecule has 0 fully saturated rings. The van der Waals surface area contributed by atoms with Gasteiger partial charge in [-0.15, -0.1) is 0 Å². The number of amides is 1. The summed E-state index contributed by atoms with van der Waals surface area (Å²) in [5.74, 6) is 0.690. The normalized spacial score (nSPS) is 10.1. The fourth-order valence-corrected chi connectivity index (χ4v) is 1.49. The summed E-state index contributed by atoms with van der Waals surface area (Å²) in [5, 5.41) is 5.95. The first-order valence-electron chi connectivity index (χ1n) is 5.82. The second-order valence-corrected chi connectivity index (χ2v) is 3.86. The minimum atomic E-state index is -0.00639. The molecule has 1 amide bonds. The summed E-state index contributed by atoms with van der Waals surface area (Å²) in [6, 6.07) is 5.71. The third-order valence-corrected chi connectivity index (χ3v) is 2.41. The molecule has 4 nitrogen and oxygen atoms in total. The van der Waals surface area contributed by atoms with E-state index in [0.29, 0.717) is 18.7 Å². The maximum absolute atomic E-state index is 11.6. The Kier molecular flexibility index (Phi) is 5.49. The van der Waals surface area contributed by atoms with Crippen LogP contribution in [0.1, 0.15) is 18.9 Å². The van der Waals surface area contributed by atoms with Crippen LogP contribution < -0.4 is 15.4 Å². The van der Waals surface area contributed by atoms with E-state index in [2.05, 4.69) is 10.6 Å². The Hall–Kier alpha value is -1.55. The van der Waals surface area contributed by atoms with Gasteiger partial charge in [-0.3, -0.25) is 4.79 Å². The fourth-order valence-electron chi connectivity index (χ4n) is 1.49. The lowest BCUT2D eigenvalue weighted by Gasteiger charge is -2.10. The van der Waals surface area contributed by atoms with Crippen LogP contribution in [0.5, 0.6) is 5.75 Å². The van der Waals surface area contributed by atoms with E-state index in [4.69, 9.17) is 4.74 Å². The predicted octanol–water partition coefficient (Wildman–Crippen LogP) is 1.94. The van der Waals surface area contributed by atoms with Gasteiger partial charge in [-0.2, -0.15) is 0 Å². The molecule has 0 aliphatic heterocycles. The van der Waals surface area contributed by atoms with E-state index in [-0.39, 0.29) is 5.91 Å². The number of hydrogen-bond acceptors (Lipinski definition) is 3. The second-order valence-electron chi connectivity index (χ2n) is 3.86. The lowest BCUT2D eigenvalue weighted by Crippen LogP contribution is -2.21. The van der Waals surface area contributed by atoms with Crippen LogP contribution in [0.25, 0.3) is 0 Å². The van der Waals surface area contributed by atoms with Gasteiger partial charge in [0.25, 0.3) is 0 Å². The topological polar surface area (TPSA) is 50.4 Å². The number of nitrogens with one attached hydrogen (secondary N) is 2. The zero-order valence-electron chi connectivity index (χ0n) is 10.7. The molecule has 0 aliphatic rings. The molecule has 4 heteroatoms. The van der Waals surface area contributed by atoms with Gasteiger partial charge in [0.1, 0.15) is 5.75 Å². The summed E-state index contributed by atoms with van der Waals surface area (Å²) >= 11 is 0. The molecular weight excluding hydrogens is 216 g/mol. The zero-order chi connectivity index (χ0) is 12.7. The van der Waals surface area contributed by atoms with Crippen molar-refractivity contribution in [1.29, 1.82) is 0 Å². The Morgan fingerprint density at radius 1 is 1.41 bits per heavy atom. The molecule has 17 heavy (non-hydrogen) atoms. The van der Waals surface area contributed by atoms with E-state index in [1.54, 1.807) is 7.11 Å². The highest BCUT2D eigenvalue weighted by atomic mass is 16.5. The number of hydrogen-bond donors (Lipinski definition) is 2. The SMILES string of the molecule is CCNCCC(=O)Nc1ccc(C)cc1OC. The van der Waals surface area contributed by atoms with Crippen LogP contribution in [0.4, 0.5) is 5.69 Å². The van der Waals surface area contributed by atoms with Crippen molar-refractivity contribution >= 4 is 11.6 Å². The number of aryl methyl sites for hydroxylation is 1. The Bertz CT molecular complexity index is 378. The van der Waals surface area contributed by atoms with Gasteiger partial charge in [-0.1, -0.05) is 13.0 Å². The molecule has 0 atom stereocenters. The molecular formula is C13H20N2O2. The van der Waals surface area contributed by atoms with E-state index in [1.807, 2.05) is 32.0 Å². The number of rotatable bonds is 6. The minimum Gasteiger partial charge on any atom is -0.495 e. The largest absolute Gasteiger partial charge is 0.495 e. The predicted molar refractivity (Wildman–Crippen MR) is 69.5 cm³/mol. The van der Waals surface area contributed by atoms with Crippen molar-refractivity contribution in [1.82, 2.24) is 5.32 Å². The van der Waals surface area contributed by atoms with Crippen LogP contribution in [-0.4, -0.2) is 26.1 Å². The van der Waals surface area contributed by atoms with E-state index in [0.717, 1.165) is 17.8 Å². The van der Waals surface area contributed by atoms with E-state index in [1.165, 1.54) is 0 Å². The number of anilines is 1. The van der Waals surface area contributed by atoms with E-state index in [9.17, 15) is 4.79 Å². The van der Waals surface area contributed by atoms with Crippen molar-refractivity contribution in [2.24, 2.45) is 0 Å². The first kappa shape index (κ1) is 13.5. The van der Waals surface area contributed by atoms with E-state index >= 15 is 0 Å². The van der Waals surface area contributed by atoms with Crippen molar-refractivity contribution in [2.75, 3.05) is 25.5 Å². The summed E-state index contributed by atoms with van der Waals surface area (Å²) in [6.07, 6.45) is 0.463. The Balaban J connectivity index is 2.58. The van der Waals surface area contributed by atoms with Crippen molar-refractivity contribution in [2.45, 2.75) is 20.3 Å². The lowest BCUT2D eigenvalue weighted by atomic mass is 10.2. The molecule has 2 N–H and O–H groups in total. The molecule has 0 unspecified atom stereocenters. The number of carbonyl (C=O) groups excluding carboxylic acids is 1.